The lowest BCUT2D eigenvalue weighted by atomic mass is 10.0. The maximum absolute atomic E-state index is 12.5. The molecule has 2 aromatic carbocycles. The molecule has 1 amide bonds. The monoisotopic (exact) mass is 398 g/mol. The van der Waals surface area contributed by atoms with Crippen LogP contribution in [0.3, 0.4) is 0 Å². The van der Waals surface area contributed by atoms with Crippen LogP contribution in [0.4, 0.5) is 5.69 Å². The van der Waals surface area contributed by atoms with Crippen LogP contribution in [-0.4, -0.2) is 34.7 Å². The van der Waals surface area contributed by atoms with Crippen LogP contribution in [0, 0.1) is 24.0 Å². The minimum Gasteiger partial charge on any atom is -0.453 e. The Morgan fingerprint density at radius 3 is 2.31 bits per heavy atom. The fourth-order valence-corrected chi connectivity index (χ4v) is 2.56. The zero-order valence-corrected chi connectivity index (χ0v) is 16.6. The lowest BCUT2D eigenvalue weighted by Gasteiger charge is -2.17. The van der Waals surface area contributed by atoms with E-state index in [2.05, 4.69) is 5.32 Å². The van der Waals surface area contributed by atoms with Crippen LogP contribution < -0.4 is 5.32 Å². The maximum Gasteiger partial charge on any atom is 0.329 e. The fraction of sp³-hybridized carbons (Fsp3) is 0.286. The Hall–Kier alpha value is -3.55. The molecule has 0 aliphatic heterocycles. The van der Waals surface area contributed by atoms with Crippen LogP contribution in [-0.2, 0) is 9.53 Å². The summed E-state index contributed by atoms with van der Waals surface area (Å²) >= 11 is 0. The van der Waals surface area contributed by atoms with Crippen LogP contribution in [0.2, 0.25) is 0 Å². The number of Topliss-reactive ketones (excluding diaryl/α,β-unsaturated/α-hetero) is 1. The van der Waals surface area contributed by atoms with E-state index in [0.717, 1.165) is 17.2 Å². The topological polar surface area (TPSA) is 116 Å². The van der Waals surface area contributed by atoms with Crippen molar-refractivity contribution in [1.82, 2.24) is 5.32 Å². The van der Waals surface area contributed by atoms with E-state index in [-0.39, 0.29) is 17.0 Å². The van der Waals surface area contributed by atoms with Gasteiger partial charge in [0, 0.05) is 23.3 Å². The average Bonchev–Trinajstić information content (AvgIpc) is 2.69. The molecule has 1 N–H and O–H groups in total. The minimum absolute atomic E-state index is 0.0399. The fourth-order valence-electron chi connectivity index (χ4n) is 2.56. The Morgan fingerprint density at radius 2 is 1.69 bits per heavy atom. The molecule has 0 bridgehead atoms. The van der Waals surface area contributed by atoms with Crippen LogP contribution in [0.15, 0.2) is 42.5 Å². The van der Waals surface area contributed by atoms with E-state index < -0.39 is 28.9 Å². The molecule has 0 heterocycles. The first-order valence-electron chi connectivity index (χ1n) is 8.97. The van der Waals surface area contributed by atoms with Crippen molar-refractivity contribution in [3.8, 4) is 0 Å². The maximum atomic E-state index is 12.5. The first kappa shape index (κ1) is 21.7. The second kappa shape index (κ2) is 9.09. The molecule has 8 heteroatoms. The number of carbonyl (C=O) groups excluding carboxylic acids is 3. The van der Waals surface area contributed by atoms with E-state index in [1.807, 2.05) is 19.9 Å². The number of benzene rings is 2. The van der Waals surface area contributed by atoms with E-state index in [1.165, 1.54) is 32.0 Å². The number of nitrogens with zero attached hydrogens (tertiary/aromatic N) is 1. The Kier molecular flexibility index (Phi) is 6.82. The van der Waals surface area contributed by atoms with Crippen molar-refractivity contribution in [2.75, 3.05) is 0 Å². The zero-order valence-electron chi connectivity index (χ0n) is 16.6. The molecule has 0 aliphatic carbocycles. The number of aryl methyl sites for hydroxylation is 2. The summed E-state index contributed by atoms with van der Waals surface area (Å²) in [7, 11) is 0. The molecule has 2 atom stereocenters. The molecule has 0 aliphatic rings. The molecule has 152 valence electrons. The van der Waals surface area contributed by atoms with Gasteiger partial charge in [-0.1, -0.05) is 18.2 Å². The van der Waals surface area contributed by atoms with Gasteiger partial charge in [-0.25, -0.2) is 4.79 Å². The van der Waals surface area contributed by atoms with Crippen LogP contribution >= 0.6 is 0 Å². The Morgan fingerprint density at radius 1 is 1.00 bits per heavy atom. The summed E-state index contributed by atoms with van der Waals surface area (Å²) in [6.07, 6.45) is -1.03. The largest absolute Gasteiger partial charge is 0.453 e. The zero-order chi connectivity index (χ0) is 21.7. The number of ether oxygens (including phenoxy) is 1. The number of nitro groups is 1. The molecule has 2 rings (SSSR count). The standard InChI is InChI=1S/C21H22N2O6/c1-12-8-9-16(10-13(12)2)19(24)15(4)29-21(26)14(3)22-20(25)17-6-5-7-18(11-17)23(27)28/h5-11,14-15H,1-4H3,(H,22,25). The Balaban J connectivity index is 1.99. The average molecular weight is 398 g/mol. The van der Waals surface area contributed by atoms with Gasteiger partial charge >= 0.3 is 5.97 Å². The van der Waals surface area contributed by atoms with Crippen LogP contribution in [0.1, 0.15) is 45.7 Å². The van der Waals surface area contributed by atoms with Gasteiger partial charge in [0.25, 0.3) is 11.6 Å². The molecular weight excluding hydrogens is 376 g/mol. The predicted molar refractivity (Wildman–Crippen MR) is 106 cm³/mol. The van der Waals surface area contributed by atoms with Crippen molar-refractivity contribution in [3.05, 3.63) is 74.8 Å². The number of hydrogen-bond acceptors (Lipinski definition) is 6. The van der Waals surface area contributed by atoms with E-state index in [4.69, 9.17) is 4.74 Å². The first-order chi connectivity index (χ1) is 13.6. The quantitative estimate of drug-likeness (QED) is 0.331. The predicted octanol–water partition coefficient (Wildman–Crippen LogP) is 3.14. The smallest absolute Gasteiger partial charge is 0.329 e. The number of rotatable bonds is 7. The third-order valence-electron chi connectivity index (χ3n) is 4.47. The number of carbonyl (C=O) groups is 3. The van der Waals surface area contributed by atoms with E-state index >= 15 is 0 Å². The summed E-state index contributed by atoms with van der Waals surface area (Å²) in [5.41, 5.74) is 2.23. The number of hydrogen-bond donors (Lipinski definition) is 1. The number of nitro benzene ring substituents is 1. The summed E-state index contributed by atoms with van der Waals surface area (Å²) in [6.45, 7) is 6.68. The summed E-state index contributed by atoms with van der Waals surface area (Å²) < 4.78 is 5.19. The highest BCUT2D eigenvalue weighted by atomic mass is 16.6. The first-order valence-corrected chi connectivity index (χ1v) is 8.97. The summed E-state index contributed by atoms with van der Waals surface area (Å²) in [5.74, 6) is -1.79. The molecular formula is C21H22N2O6. The molecule has 0 fully saturated rings. The molecule has 0 radical (unpaired) electrons. The molecule has 2 aromatic rings. The van der Waals surface area contributed by atoms with Gasteiger partial charge < -0.3 is 10.1 Å². The highest BCUT2D eigenvalue weighted by Gasteiger charge is 2.25. The lowest BCUT2D eigenvalue weighted by molar-refractivity contribution is -0.384. The van der Waals surface area contributed by atoms with Gasteiger partial charge in [0.1, 0.15) is 6.04 Å². The van der Waals surface area contributed by atoms with Gasteiger partial charge in [-0.05, 0) is 51.0 Å². The third kappa shape index (κ3) is 5.47. The molecule has 0 aromatic heterocycles. The lowest BCUT2D eigenvalue weighted by Crippen LogP contribution is -2.41. The Labute approximate surface area is 168 Å². The molecule has 0 spiro atoms. The normalized spacial score (nSPS) is 12.6. The van der Waals surface area contributed by atoms with Gasteiger partial charge in [-0.2, -0.15) is 0 Å². The number of ketones is 1. The Bertz CT molecular complexity index is 969. The molecule has 8 nitrogen and oxygen atoms in total. The SMILES string of the molecule is Cc1ccc(C(=O)C(C)OC(=O)C(C)NC(=O)c2cccc([N+](=O)[O-])c2)cc1C. The third-order valence-corrected chi connectivity index (χ3v) is 4.47. The minimum atomic E-state index is -1.04. The van der Waals surface area contributed by atoms with Gasteiger partial charge in [-0.15, -0.1) is 0 Å². The second-order valence-corrected chi connectivity index (χ2v) is 6.74. The van der Waals surface area contributed by atoms with Gasteiger partial charge in [0.15, 0.2) is 6.10 Å². The van der Waals surface area contributed by atoms with Crippen molar-refractivity contribution in [3.63, 3.8) is 0 Å². The van der Waals surface area contributed by atoms with Crippen LogP contribution in [0.5, 0.6) is 0 Å². The highest BCUT2D eigenvalue weighted by Crippen LogP contribution is 2.15. The van der Waals surface area contributed by atoms with E-state index in [0.29, 0.717) is 5.56 Å². The number of amides is 1. The summed E-state index contributed by atoms with van der Waals surface area (Å²) in [4.78, 5) is 47.2. The van der Waals surface area contributed by atoms with Gasteiger partial charge in [-0.3, -0.25) is 19.7 Å². The van der Waals surface area contributed by atoms with Crippen molar-refractivity contribution < 1.29 is 24.0 Å². The number of non-ortho nitro benzene ring substituents is 1. The van der Waals surface area contributed by atoms with E-state index in [1.54, 1.807) is 12.1 Å². The van der Waals surface area contributed by atoms with Crippen molar-refractivity contribution in [1.29, 1.82) is 0 Å². The highest BCUT2D eigenvalue weighted by molar-refractivity contribution is 6.01. The van der Waals surface area contributed by atoms with Crippen molar-refractivity contribution >= 4 is 23.3 Å². The number of esters is 1. The van der Waals surface area contributed by atoms with Gasteiger partial charge in [0.05, 0.1) is 4.92 Å². The molecule has 0 saturated heterocycles. The summed E-state index contributed by atoms with van der Waals surface area (Å²) in [6, 6.07) is 9.31. The summed E-state index contributed by atoms with van der Waals surface area (Å²) in [5, 5.41) is 13.2. The molecule has 2 unspecified atom stereocenters. The van der Waals surface area contributed by atoms with Crippen molar-refractivity contribution in [2.45, 2.75) is 39.8 Å². The van der Waals surface area contributed by atoms with Crippen molar-refractivity contribution in [2.24, 2.45) is 0 Å². The number of nitrogens with one attached hydrogen (secondary N) is 1. The van der Waals surface area contributed by atoms with E-state index in [9.17, 15) is 24.5 Å². The molecule has 0 saturated carbocycles. The van der Waals surface area contributed by atoms with Crippen LogP contribution in [0.25, 0.3) is 0 Å². The molecule has 29 heavy (non-hydrogen) atoms. The van der Waals surface area contributed by atoms with Gasteiger partial charge in [0.2, 0.25) is 5.78 Å². The second-order valence-electron chi connectivity index (χ2n) is 6.74.